The first-order valence-electron chi connectivity index (χ1n) is 11.1. The molecule has 176 valence electrons. The molecule has 1 N–H and O–H groups in total. The van der Waals surface area contributed by atoms with E-state index in [-0.39, 0.29) is 0 Å². The quantitative estimate of drug-likeness (QED) is 0.222. The van der Waals surface area contributed by atoms with Crippen LogP contribution in [-0.2, 0) is 16.8 Å². The number of aromatic nitrogens is 2. The van der Waals surface area contributed by atoms with E-state index in [4.69, 9.17) is 9.72 Å². The van der Waals surface area contributed by atoms with E-state index in [1.165, 1.54) is 0 Å². The number of rotatable bonds is 8. The van der Waals surface area contributed by atoms with Crippen LogP contribution >= 0.6 is 8.44 Å². The third-order valence-corrected chi connectivity index (χ3v) is 9.33. The van der Waals surface area contributed by atoms with Crippen LogP contribution in [0.15, 0.2) is 53.6 Å². The zero-order chi connectivity index (χ0) is 23.8. The lowest BCUT2D eigenvalue weighted by Gasteiger charge is -2.19. The summed E-state index contributed by atoms with van der Waals surface area (Å²) in [5.41, 5.74) is 5.15. The molecule has 4 aromatic rings. The van der Waals surface area contributed by atoms with Crippen molar-refractivity contribution in [1.82, 2.24) is 19.2 Å². The van der Waals surface area contributed by atoms with E-state index in [1.807, 2.05) is 37.5 Å². The number of fused-ring (bicyclic) bond motifs is 3. The molecule has 0 aliphatic carbocycles. The van der Waals surface area contributed by atoms with E-state index in [0.29, 0.717) is 6.61 Å². The Balaban J connectivity index is 1.92. The lowest BCUT2D eigenvalue weighted by Crippen LogP contribution is -2.20. The predicted molar refractivity (Wildman–Crippen MR) is 144 cm³/mol. The van der Waals surface area contributed by atoms with Gasteiger partial charge in [-0.15, -0.1) is 0 Å². The Morgan fingerprint density at radius 2 is 2.00 bits per heavy atom. The van der Waals surface area contributed by atoms with Crippen LogP contribution in [0.1, 0.15) is 12.0 Å². The summed E-state index contributed by atoms with van der Waals surface area (Å²) in [7, 11) is 7.68. The molecule has 0 fully saturated rings. The summed E-state index contributed by atoms with van der Waals surface area (Å²) in [6.07, 6.45) is 2.85. The van der Waals surface area contributed by atoms with Gasteiger partial charge in [0.05, 0.1) is 12.1 Å². The second-order valence-electron chi connectivity index (χ2n) is 8.71. The smallest absolute Gasteiger partial charge is 0.143 e. The fraction of sp³-hybridized carbons (Fsp3) is 0.320. The summed E-state index contributed by atoms with van der Waals surface area (Å²) in [6.45, 7) is 3.68. The summed E-state index contributed by atoms with van der Waals surface area (Å²) in [5, 5.41) is 2.20. The first-order valence-corrected chi connectivity index (χ1v) is 14.4. The molecule has 0 amide bonds. The van der Waals surface area contributed by atoms with Crippen molar-refractivity contribution in [3.05, 3.63) is 54.2 Å². The molecule has 1 atom stereocenters. The van der Waals surface area contributed by atoms with Crippen molar-refractivity contribution in [1.29, 1.82) is 0 Å². The highest BCUT2D eigenvalue weighted by Gasteiger charge is 2.19. The predicted octanol–water partition coefficient (Wildman–Crippen LogP) is 4.33. The average molecular weight is 485 g/mol. The third kappa shape index (κ3) is 4.69. The van der Waals surface area contributed by atoms with Gasteiger partial charge in [-0.25, -0.2) is 4.98 Å². The molecule has 2 aromatic carbocycles. The number of ether oxygens (including phenoxy) is 1. The SMILES string of the molecule is CN[SH](=O)(P)c1cccc(-c2ccc(OCCCN(C)C)c3c2c2cc(C)cnc2n3C)c1. The van der Waals surface area contributed by atoms with Crippen LogP contribution in [0.5, 0.6) is 5.75 Å². The average Bonchev–Trinajstić information content (AvgIpc) is 3.09. The van der Waals surface area contributed by atoms with Gasteiger partial charge in [-0.2, -0.15) is 0 Å². The Morgan fingerprint density at radius 3 is 2.73 bits per heavy atom. The van der Waals surface area contributed by atoms with Gasteiger partial charge in [-0.1, -0.05) is 12.1 Å². The Hall–Kier alpha value is -2.31. The number of aryl methyl sites for hydroxylation is 2. The van der Waals surface area contributed by atoms with Crippen LogP contribution in [0.25, 0.3) is 33.1 Å². The van der Waals surface area contributed by atoms with Crippen molar-refractivity contribution in [2.75, 3.05) is 34.3 Å². The van der Waals surface area contributed by atoms with E-state index in [2.05, 4.69) is 61.8 Å². The highest BCUT2D eigenvalue weighted by Crippen LogP contribution is 2.41. The summed E-state index contributed by atoms with van der Waals surface area (Å²) >= 11 is 0. The fourth-order valence-corrected chi connectivity index (χ4v) is 5.60. The zero-order valence-electron chi connectivity index (χ0n) is 19.9. The monoisotopic (exact) mass is 484 g/mol. The van der Waals surface area contributed by atoms with Gasteiger partial charge >= 0.3 is 0 Å². The van der Waals surface area contributed by atoms with E-state index in [9.17, 15) is 4.21 Å². The second kappa shape index (κ2) is 9.51. The maximum Gasteiger partial charge on any atom is 0.143 e. The number of thiol groups is 1. The van der Waals surface area contributed by atoms with Gasteiger partial charge in [0.2, 0.25) is 0 Å². The second-order valence-corrected chi connectivity index (χ2v) is 13.2. The Morgan fingerprint density at radius 1 is 1.21 bits per heavy atom. The normalized spacial score (nSPS) is 12.7. The van der Waals surface area contributed by atoms with Crippen LogP contribution in [0.3, 0.4) is 0 Å². The van der Waals surface area contributed by atoms with E-state index < -0.39 is 9.74 Å². The lowest BCUT2D eigenvalue weighted by atomic mass is 9.99. The van der Waals surface area contributed by atoms with Gasteiger partial charge in [0.15, 0.2) is 0 Å². The fourth-order valence-electron chi connectivity index (χ4n) is 4.23. The standard InChI is InChI=1S/C25H33N4O2PS/c1-17-14-21-23-20(18-8-6-9-19(15-18)33(30,32)26-2)10-11-22(31-13-7-12-28(3)4)24(23)29(5)25(21)27-16-17/h6,8-11,14-16,33H,7,12-13,32H2,1-5H3,(H,26,30). The highest BCUT2D eigenvalue weighted by molar-refractivity contribution is 8.44. The molecule has 1 unspecified atom stereocenters. The van der Waals surface area contributed by atoms with Crippen LogP contribution in [0.4, 0.5) is 0 Å². The summed E-state index contributed by atoms with van der Waals surface area (Å²) in [6, 6.07) is 14.3. The number of benzene rings is 2. The Kier molecular flexibility index (Phi) is 6.87. The Labute approximate surface area is 198 Å². The maximum absolute atomic E-state index is 13.0. The van der Waals surface area contributed by atoms with Crippen LogP contribution < -0.4 is 9.46 Å². The molecule has 0 saturated carbocycles. The van der Waals surface area contributed by atoms with Crippen molar-refractivity contribution in [3.8, 4) is 16.9 Å². The molecule has 0 aliphatic heterocycles. The molecule has 2 aromatic heterocycles. The van der Waals surface area contributed by atoms with Crippen LogP contribution in [-0.4, -0.2) is 53.0 Å². The first kappa shape index (κ1) is 23.8. The van der Waals surface area contributed by atoms with E-state index in [1.54, 1.807) is 7.05 Å². The minimum Gasteiger partial charge on any atom is -0.491 e. The number of hydrogen-bond acceptors (Lipinski definition) is 4. The molecule has 0 bridgehead atoms. The van der Waals surface area contributed by atoms with E-state index >= 15 is 0 Å². The molecular weight excluding hydrogens is 451 g/mol. The van der Waals surface area contributed by atoms with E-state index in [0.717, 1.165) is 62.2 Å². The first-order chi connectivity index (χ1) is 15.7. The zero-order valence-corrected chi connectivity index (χ0v) is 22.0. The Bertz CT molecular complexity index is 1370. The van der Waals surface area contributed by atoms with Gasteiger partial charge in [0.25, 0.3) is 0 Å². The third-order valence-electron chi connectivity index (χ3n) is 5.95. The minimum atomic E-state index is -2.70. The van der Waals surface area contributed by atoms with Gasteiger partial charge in [0, 0.05) is 35.5 Å². The molecule has 0 aliphatic rings. The minimum absolute atomic E-state index is 0.647. The molecule has 4 rings (SSSR count). The highest BCUT2D eigenvalue weighted by atomic mass is 32.8. The number of hydrogen-bond donors (Lipinski definition) is 2. The molecule has 6 nitrogen and oxygen atoms in total. The van der Waals surface area contributed by atoms with Gasteiger partial charge in [-0.05, 0) is 99.7 Å². The van der Waals surface area contributed by atoms with Crippen molar-refractivity contribution in [2.45, 2.75) is 18.2 Å². The molecule has 0 radical (unpaired) electrons. The van der Waals surface area contributed by atoms with Crippen molar-refractivity contribution >= 4 is 40.1 Å². The van der Waals surface area contributed by atoms with Gasteiger partial charge < -0.3 is 14.2 Å². The largest absolute Gasteiger partial charge is 0.491 e. The molecule has 33 heavy (non-hydrogen) atoms. The van der Waals surface area contributed by atoms with Crippen LogP contribution in [0.2, 0.25) is 0 Å². The molecule has 2 heterocycles. The van der Waals surface area contributed by atoms with Gasteiger partial charge in [0.1, 0.15) is 11.4 Å². The van der Waals surface area contributed by atoms with Crippen LogP contribution in [0, 0.1) is 6.92 Å². The molecule has 0 saturated heterocycles. The topological polar surface area (TPSA) is 59.4 Å². The summed E-state index contributed by atoms with van der Waals surface area (Å²) < 4.78 is 24.3. The number of pyridine rings is 1. The summed E-state index contributed by atoms with van der Waals surface area (Å²) in [5.74, 6) is 0.855. The van der Waals surface area contributed by atoms with Crippen molar-refractivity contribution < 1.29 is 8.95 Å². The van der Waals surface area contributed by atoms with Gasteiger partial charge in [-0.3, -0.25) is 8.93 Å². The summed E-state index contributed by atoms with van der Waals surface area (Å²) in [4.78, 5) is 7.66. The van der Waals surface area contributed by atoms with Crippen molar-refractivity contribution in [3.63, 3.8) is 0 Å². The maximum atomic E-state index is 13.0. The molecule has 0 spiro atoms. The van der Waals surface area contributed by atoms with Crippen molar-refractivity contribution in [2.24, 2.45) is 7.05 Å². The molecule has 8 heteroatoms. The molecular formula is C25H33N4O2PS. The number of nitrogens with zero attached hydrogens (tertiary/aromatic N) is 3. The number of nitrogens with one attached hydrogen (secondary N) is 1. The lowest BCUT2D eigenvalue weighted by molar-refractivity contribution is 0.283.